The van der Waals surface area contributed by atoms with Crippen molar-refractivity contribution in [2.75, 3.05) is 6.61 Å². The topological polar surface area (TPSA) is 66.8 Å². The Kier molecular flexibility index (Phi) is 8.91. The standard InChI is InChI=1S/C26H36O4/c1-5-8-9-10-15-26(4,20-11-13-24(28)19(16-20)18-30-7-3)21-12-14-25(29)22(17-21)23(27)6-2/h11-14,16-17,28-29H,5-10,15,18H2,1-4H3. The van der Waals surface area contributed by atoms with Gasteiger partial charge in [0.1, 0.15) is 11.5 Å². The van der Waals surface area contributed by atoms with Gasteiger partial charge in [-0.1, -0.05) is 58.6 Å². The quantitative estimate of drug-likeness (QED) is 0.308. The number of rotatable bonds is 12. The molecule has 1 unspecified atom stereocenters. The van der Waals surface area contributed by atoms with Crippen LogP contribution in [0.25, 0.3) is 0 Å². The maximum atomic E-state index is 12.4. The summed E-state index contributed by atoms with van der Waals surface area (Å²) in [5.41, 5.74) is 2.87. The minimum absolute atomic E-state index is 0.0293. The minimum atomic E-state index is -0.348. The number of aromatic hydroxyl groups is 2. The number of unbranched alkanes of at least 4 members (excludes halogenated alkanes) is 3. The molecule has 4 heteroatoms. The number of Topliss-reactive ketones (excluding diaryl/α,β-unsaturated/α-hetero) is 1. The van der Waals surface area contributed by atoms with Gasteiger partial charge in [-0.25, -0.2) is 0 Å². The molecule has 164 valence electrons. The summed E-state index contributed by atoms with van der Waals surface area (Å²) in [6, 6.07) is 11.1. The number of phenolic OH excluding ortho intramolecular Hbond substituents is 2. The summed E-state index contributed by atoms with van der Waals surface area (Å²) in [6.45, 7) is 9.06. The van der Waals surface area contributed by atoms with Crippen LogP contribution in [-0.4, -0.2) is 22.6 Å². The van der Waals surface area contributed by atoms with Gasteiger partial charge < -0.3 is 14.9 Å². The molecule has 0 saturated heterocycles. The van der Waals surface area contributed by atoms with E-state index in [9.17, 15) is 15.0 Å². The second-order valence-electron chi connectivity index (χ2n) is 8.13. The van der Waals surface area contributed by atoms with Gasteiger partial charge in [-0.3, -0.25) is 4.79 Å². The van der Waals surface area contributed by atoms with Crippen molar-refractivity contribution < 1.29 is 19.7 Å². The molecule has 0 bridgehead atoms. The molecule has 2 rings (SSSR count). The van der Waals surface area contributed by atoms with Crippen LogP contribution in [0.5, 0.6) is 11.5 Å². The Hall–Kier alpha value is -2.33. The van der Waals surface area contributed by atoms with Crippen molar-refractivity contribution in [3.63, 3.8) is 0 Å². The highest BCUT2D eigenvalue weighted by Gasteiger charge is 2.30. The van der Waals surface area contributed by atoms with Crippen LogP contribution in [0.3, 0.4) is 0 Å². The van der Waals surface area contributed by atoms with Crippen molar-refractivity contribution in [2.24, 2.45) is 0 Å². The van der Waals surface area contributed by atoms with Crippen molar-refractivity contribution >= 4 is 5.78 Å². The molecule has 2 aromatic carbocycles. The number of carbonyl (C=O) groups is 1. The van der Waals surface area contributed by atoms with Gasteiger partial charge >= 0.3 is 0 Å². The van der Waals surface area contributed by atoms with Crippen molar-refractivity contribution in [2.45, 2.75) is 78.2 Å². The predicted octanol–water partition coefficient (Wildman–Crippen LogP) is 6.50. The maximum Gasteiger partial charge on any atom is 0.166 e. The third-order valence-corrected chi connectivity index (χ3v) is 5.96. The van der Waals surface area contributed by atoms with Gasteiger partial charge in [0.15, 0.2) is 5.78 Å². The first-order valence-electron chi connectivity index (χ1n) is 11.1. The van der Waals surface area contributed by atoms with Crippen LogP contribution in [0.15, 0.2) is 36.4 Å². The molecule has 0 aliphatic heterocycles. The van der Waals surface area contributed by atoms with Crippen LogP contribution in [0.1, 0.15) is 93.3 Å². The van der Waals surface area contributed by atoms with E-state index in [0.29, 0.717) is 25.2 Å². The molecule has 0 fully saturated rings. The number of ether oxygens (including phenoxy) is 1. The average Bonchev–Trinajstić information content (AvgIpc) is 2.75. The van der Waals surface area contributed by atoms with E-state index < -0.39 is 0 Å². The summed E-state index contributed by atoms with van der Waals surface area (Å²) in [6.07, 6.45) is 5.83. The Bertz CT molecular complexity index is 843. The predicted molar refractivity (Wildman–Crippen MR) is 121 cm³/mol. The van der Waals surface area contributed by atoms with E-state index in [-0.39, 0.29) is 22.7 Å². The van der Waals surface area contributed by atoms with E-state index in [2.05, 4.69) is 13.8 Å². The fourth-order valence-electron chi connectivity index (χ4n) is 3.91. The van der Waals surface area contributed by atoms with E-state index in [1.54, 1.807) is 19.1 Å². The van der Waals surface area contributed by atoms with E-state index in [1.807, 2.05) is 31.2 Å². The number of hydrogen-bond acceptors (Lipinski definition) is 4. The SMILES string of the molecule is CCCCCCC(C)(c1ccc(O)c(COCC)c1)c1ccc(O)c(C(=O)CC)c1. The summed E-state index contributed by atoms with van der Waals surface area (Å²) in [5.74, 6) is 0.195. The van der Waals surface area contributed by atoms with Gasteiger partial charge in [0.2, 0.25) is 0 Å². The number of phenols is 2. The smallest absolute Gasteiger partial charge is 0.166 e. The molecule has 0 aliphatic carbocycles. The molecule has 0 saturated carbocycles. The third-order valence-electron chi connectivity index (χ3n) is 5.96. The van der Waals surface area contributed by atoms with Crippen LogP contribution < -0.4 is 0 Å². The molecular weight excluding hydrogens is 376 g/mol. The molecule has 4 nitrogen and oxygen atoms in total. The fraction of sp³-hybridized carbons (Fsp3) is 0.500. The lowest BCUT2D eigenvalue weighted by Crippen LogP contribution is -2.24. The summed E-state index contributed by atoms with van der Waals surface area (Å²) < 4.78 is 5.53. The highest BCUT2D eigenvalue weighted by molar-refractivity contribution is 5.98. The molecule has 0 aromatic heterocycles. The zero-order chi connectivity index (χ0) is 22.1. The number of ketones is 1. The molecule has 0 aliphatic rings. The molecule has 2 N–H and O–H groups in total. The zero-order valence-electron chi connectivity index (χ0n) is 18.8. The summed E-state index contributed by atoms with van der Waals surface area (Å²) in [7, 11) is 0. The molecule has 0 radical (unpaired) electrons. The highest BCUT2D eigenvalue weighted by Crippen LogP contribution is 2.40. The van der Waals surface area contributed by atoms with Crippen molar-refractivity contribution in [3.8, 4) is 11.5 Å². The van der Waals surface area contributed by atoms with E-state index in [0.717, 1.165) is 36.0 Å². The number of hydrogen-bond donors (Lipinski definition) is 2. The van der Waals surface area contributed by atoms with Gasteiger partial charge in [-0.05, 0) is 48.7 Å². The van der Waals surface area contributed by atoms with Crippen LogP contribution in [-0.2, 0) is 16.8 Å². The van der Waals surface area contributed by atoms with E-state index >= 15 is 0 Å². The van der Waals surface area contributed by atoms with Gasteiger partial charge in [-0.15, -0.1) is 0 Å². The lowest BCUT2D eigenvalue weighted by atomic mass is 9.71. The van der Waals surface area contributed by atoms with Gasteiger partial charge in [-0.2, -0.15) is 0 Å². The molecule has 30 heavy (non-hydrogen) atoms. The average molecular weight is 413 g/mol. The Balaban J connectivity index is 2.52. The molecular formula is C26H36O4. The third kappa shape index (κ3) is 5.63. The van der Waals surface area contributed by atoms with E-state index in [4.69, 9.17) is 4.74 Å². The van der Waals surface area contributed by atoms with Crippen LogP contribution in [0.4, 0.5) is 0 Å². The monoisotopic (exact) mass is 412 g/mol. The summed E-state index contributed by atoms with van der Waals surface area (Å²) >= 11 is 0. The molecule has 0 spiro atoms. The largest absolute Gasteiger partial charge is 0.508 e. The molecule has 2 aromatic rings. The normalized spacial score (nSPS) is 13.2. The van der Waals surface area contributed by atoms with Crippen LogP contribution in [0.2, 0.25) is 0 Å². The first-order valence-corrected chi connectivity index (χ1v) is 11.1. The lowest BCUT2D eigenvalue weighted by Gasteiger charge is -2.32. The molecule has 1 atom stereocenters. The van der Waals surface area contributed by atoms with Crippen LogP contribution in [0, 0.1) is 0 Å². The number of benzene rings is 2. The second kappa shape index (κ2) is 11.2. The van der Waals surface area contributed by atoms with Crippen molar-refractivity contribution in [3.05, 3.63) is 58.7 Å². The first-order chi connectivity index (χ1) is 14.4. The molecule has 0 heterocycles. The summed E-state index contributed by atoms with van der Waals surface area (Å²) in [4.78, 5) is 12.4. The Labute approximate surface area is 180 Å². The van der Waals surface area contributed by atoms with Gasteiger partial charge in [0, 0.05) is 24.0 Å². The first kappa shape index (κ1) is 23.9. The Morgan fingerprint density at radius 1 is 0.933 bits per heavy atom. The minimum Gasteiger partial charge on any atom is -0.508 e. The van der Waals surface area contributed by atoms with Gasteiger partial charge in [0.05, 0.1) is 12.2 Å². The van der Waals surface area contributed by atoms with Crippen molar-refractivity contribution in [1.82, 2.24) is 0 Å². The Morgan fingerprint density at radius 2 is 1.60 bits per heavy atom. The van der Waals surface area contributed by atoms with E-state index in [1.165, 1.54) is 12.8 Å². The number of carbonyl (C=O) groups excluding carboxylic acids is 1. The summed E-state index contributed by atoms with van der Waals surface area (Å²) in [5, 5.41) is 20.5. The molecule has 0 amide bonds. The Morgan fingerprint density at radius 3 is 2.23 bits per heavy atom. The van der Waals surface area contributed by atoms with Crippen molar-refractivity contribution in [1.29, 1.82) is 0 Å². The second-order valence-corrected chi connectivity index (χ2v) is 8.13. The lowest BCUT2D eigenvalue weighted by molar-refractivity contribution is 0.0985. The fourth-order valence-corrected chi connectivity index (χ4v) is 3.91. The van der Waals surface area contributed by atoms with Crippen LogP contribution >= 0.6 is 0 Å². The maximum absolute atomic E-state index is 12.4. The highest BCUT2D eigenvalue weighted by atomic mass is 16.5. The zero-order valence-corrected chi connectivity index (χ0v) is 18.8. The van der Waals surface area contributed by atoms with Gasteiger partial charge in [0.25, 0.3) is 0 Å².